The van der Waals surface area contributed by atoms with Gasteiger partial charge in [0.1, 0.15) is 5.82 Å². The molecule has 0 amide bonds. The molecule has 0 bridgehead atoms. The van der Waals surface area contributed by atoms with Gasteiger partial charge in [-0.2, -0.15) is 0 Å². The van der Waals surface area contributed by atoms with E-state index in [1.807, 2.05) is 22.9 Å². The third kappa shape index (κ3) is 2.57. The number of ether oxygens (including phenoxy) is 1. The summed E-state index contributed by atoms with van der Waals surface area (Å²) in [5.41, 5.74) is 9.22. The number of rotatable bonds is 2. The van der Waals surface area contributed by atoms with Gasteiger partial charge in [-0.05, 0) is 18.2 Å². The van der Waals surface area contributed by atoms with Crippen LogP contribution >= 0.6 is 11.6 Å². The maximum atomic E-state index is 13.6. The van der Waals surface area contributed by atoms with E-state index in [-0.39, 0.29) is 5.69 Å². The summed E-state index contributed by atoms with van der Waals surface area (Å²) in [4.78, 5) is 6.68. The normalized spacial score (nSPS) is 15.2. The molecule has 3 heterocycles. The highest BCUT2D eigenvalue weighted by Gasteiger charge is 2.18. The number of nitrogens with two attached hydrogens (primary N) is 1. The van der Waals surface area contributed by atoms with Gasteiger partial charge < -0.3 is 19.8 Å². The van der Waals surface area contributed by atoms with Crippen molar-refractivity contribution >= 4 is 28.6 Å². The molecule has 1 aromatic carbocycles. The quantitative estimate of drug-likeness (QED) is 0.724. The fraction of sp³-hybridized carbons (Fsp3) is 0.235. The molecule has 0 atom stereocenters. The van der Waals surface area contributed by atoms with Crippen LogP contribution in [0.1, 0.15) is 0 Å². The van der Waals surface area contributed by atoms with Gasteiger partial charge in [-0.3, -0.25) is 0 Å². The standard InChI is InChI=1S/C17H16ClFN4O/c18-13-9-14(19)15(20)8-12(13)11-7-16(22-3-5-24-6-4-22)17-21-1-2-23(17)10-11/h1-2,7-10H,3-6,20H2. The van der Waals surface area contributed by atoms with Gasteiger partial charge in [-0.1, -0.05) is 11.6 Å². The number of nitrogen functional groups attached to an aromatic ring is 1. The minimum absolute atomic E-state index is 0.0769. The number of morpholine rings is 1. The first-order valence-corrected chi connectivity index (χ1v) is 8.05. The van der Waals surface area contributed by atoms with Crippen molar-refractivity contribution in [2.24, 2.45) is 0 Å². The van der Waals surface area contributed by atoms with Crippen molar-refractivity contribution in [1.29, 1.82) is 0 Å². The molecule has 0 unspecified atom stereocenters. The predicted molar refractivity (Wildman–Crippen MR) is 93.0 cm³/mol. The van der Waals surface area contributed by atoms with Crippen LogP contribution in [0.3, 0.4) is 0 Å². The lowest BCUT2D eigenvalue weighted by molar-refractivity contribution is 0.123. The minimum Gasteiger partial charge on any atom is -0.396 e. The van der Waals surface area contributed by atoms with E-state index in [0.717, 1.165) is 30.0 Å². The van der Waals surface area contributed by atoms with Crippen LogP contribution in [0.25, 0.3) is 16.8 Å². The molecule has 24 heavy (non-hydrogen) atoms. The molecule has 1 saturated heterocycles. The highest BCUT2D eigenvalue weighted by molar-refractivity contribution is 6.33. The second kappa shape index (κ2) is 5.96. The number of aromatic nitrogens is 2. The highest BCUT2D eigenvalue weighted by Crippen LogP contribution is 2.35. The van der Waals surface area contributed by atoms with Crippen LogP contribution in [0, 0.1) is 5.82 Å². The summed E-state index contributed by atoms with van der Waals surface area (Å²) in [5.74, 6) is -0.513. The van der Waals surface area contributed by atoms with E-state index in [1.54, 1.807) is 12.3 Å². The number of halogens is 2. The van der Waals surface area contributed by atoms with Gasteiger partial charge in [0.05, 0.1) is 29.6 Å². The summed E-state index contributed by atoms with van der Waals surface area (Å²) in [6.45, 7) is 2.96. The largest absolute Gasteiger partial charge is 0.396 e. The lowest BCUT2D eigenvalue weighted by Gasteiger charge is -2.29. The van der Waals surface area contributed by atoms with Gasteiger partial charge in [0.2, 0.25) is 0 Å². The summed E-state index contributed by atoms with van der Waals surface area (Å²) in [7, 11) is 0. The first-order valence-electron chi connectivity index (χ1n) is 7.68. The third-order valence-electron chi connectivity index (χ3n) is 4.22. The van der Waals surface area contributed by atoms with Crippen molar-refractivity contribution < 1.29 is 9.13 Å². The second-order valence-corrected chi connectivity index (χ2v) is 6.13. The molecule has 0 saturated carbocycles. The Morgan fingerprint density at radius 2 is 2.00 bits per heavy atom. The van der Waals surface area contributed by atoms with E-state index in [0.29, 0.717) is 23.8 Å². The van der Waals surface area contributed by atoms with Crippen molar-refractivity contribution in [3.63, 3.8) is 0 Å². The molecule has 2 aromatic heterocycles. The minimum atomic E-state index is -0.513. The topological polar surface area (TPSA) is 55.8 Å². The maximum absolute atomic E-state index is 13.6. The van der Waals surface area contributed by atoms with E-state index in [9.17, 15) is 4.39 Å². The van der Waals surface area contributed by atoms with Crippen LogP contribution in [-0.4, -0.2) is 35.7 Å². The Bertz CT molecular complexity index is 905. The Labute approximate surface area is 143 Å². The number of anilines is 2. The molecule has 0 spiro atoms. The summed E-state index contributed by atoms with van der Waals surface area (Å²) >= 11 is 6.25. The van der Waals surface area contributed by atoms with Gasteiger partial charge >= 0.3 is 0 Å². The molecule has 0 radical (unpaired) electrons. The van der Waals surface area contributed by atoms with Gasteiger partial charge in [-0.15, -0.1) is 0 Å². The number of hydrogen-bond acceptors (Lipinski definition) is 4. The monoisotopic (exact) mass is 346 g/mol. The second-order valence-electron chi connectivity index (χ2n) is 5.73. The lowest BCUT2D eigenvalue weighted by Crippen LogP contribution is -2.36. The third-order valence-corrected chi connectivity index (χ3v) is 4.53. The molecular weight excluding hydrogens is 331 g/mol. The zero-order chi connectivity index (χ0) is 16.7. The van der Waals surface area contributed by atoms with Crippen molar-refractivity contribution in [3.05, 3.63) is 47.6 Å². The Morgan fingerprint density at radius 3 is 2.79 bits per heavy atom. The van der Waals surface area contributed by atoms with Crippen LogP contribution in [0.5, 0.6) is 0 Å². The van der Waals surface area contributed by atoms with Crippen LogP contribution in [0.4, 0.5) is 15.8 Å². The molecule has 5 nitrogen and oxygen atoms in total. The van der Waals surface area contributed by atoms with Gasteiger partial charge in [0, 0.05) is 42.8 Å². The molecule has 1 aliphatic heterocycles. The summed E-state index contributed by atoms with van der Waals surface area (Å²) < 4.78 is 21.0. The predicted octanol–water partition coefficient (Wildman–Crippen LogP) is 3.21. The van der Waals surface area contributed by atoms with E-state index < -0.39 is 5.82 Å². The molecule has 2 N–H and O–H groups in total. The first-order chi connectivity index (χ1) is 11.6. The van der Waals surface area contributed by atoms with Crippen LogP contribution < -0.4 is 10.6 Å². The Morgan fingerprint density at radius 1 is 1.21 bits per heavy atom. The molecule has 4 rings (SSSR count). The molecular formula is C17H16ClFN4O. The van der Waals surface area contributed by atoms with E-state index in [2.05, 4.69) is 9.88 Å². The Balaban J connectivity index is 1.89. The zero-order valence-electron chi connectivity index (χ0n) is 12.9. The number of pyridine rings is 1. The van der Waals surface area contributed by atoms with Gasteiger partial charge in [0.15, 0.2) is 5.65 Å². The highest BCUT2D eigenvalue weighted by atomic mass is 35.5. The number of fused-ring (bicyclic) bond motifs is 1. The van der Waals surface area contributed by atoms with Crippen molar-refractivity contribution in [1.82, 2.24) is 9.38 Å². The van der Waals surface area contributed by atoms with E-state index in [1.165, 1.54) is 6.07 Å². The lowest BCUT2D eigenvalue weighted by atomic mass is 10.1. The number of nitrogens with zero attached hydrogens (tertiary/aromatic N) is 3. The summed E-state index contributed by atoms with van der Waals surface area (Å²) in [6, 6.07) is 4.84. The van der Waals surface area contributed by atoms with E-state index >= 15 is 0 Å². The zero-order valence-corrected chi connectivity index (χ0v) is 13.6. The maximum Gasteiger partial charge on any atom is 0.160 e. The van der Waals surface area contributed by atoms with E-state index in [4.69, 9.17) is 22.1 Å². The molecule has 1 fully saturated rings. The molecule has 0 aliphatic carbocycles. The van der Waals surface area contributed by atoms with Crippen LogP contribution in [-0.2, 0) is 4.74 Å². The number of imidazole rings is 1. The summed E-state index contributed by atoms with van der Waals surface area (Å²) in [5, 5.41) is 0.328. The molecule has 7 heteroatoms. The molecule has 3 aromatic rings. The average molecular weight is 347 g/mol. The van der Waals surface area contributed by atoms with Gasteiger partial charge in [-0.25, -0.2) is 9.37 Å². The average Bonchev–Trinajstić information content (AvgIpc) is 3.06. The SMILES string of the molecule is Nc1cc(-c2cc(N3CCOCC3)c3nccn3c2)c(Cl)cc1F. The number of hydrogen-bond donors (Lipinski definition) is 1. The van der Waals surface area contributed by atoms with Crippen molar-refractivity contribution in [2.75, 3.05) is 36.9 Å². The Kier molecular flexibility index (Phi) is 3.78. The Hall–Kier alpha value is -2.31. The molecule has 1 aliphatic rings. The smallest absolute Gasteiger partial charge is 0.160 e. The fourth-order valence-electron chi connectivity index (χ4n) is 2.99. The number of benzene rings is 1. The van der Waals surface area contributed by atoms with Crippen LogP contribution in [0.2, 0.25) is 5.02 Å². The first kappa shape index (κ1) is 15.2. The molecule has 124 valence electrons. The van der Waals surface area contributed by atoms with Crippen molar-refractivity contribution in [2.45, 2.75) is 0 Å². The van der Waals surface area contributed by atoms with Crippen molar-refractivity contribution in [3.8, 4) is 11.1 Å². The summed E-state index contributed by atoms with van der Waals surface area (Å²) in [6.07, 6.45) is 5.55. The fourth-order valence-corrected chi connectivity index (χ4v) is 3.25. The van der Waals surface area contributed by atoms with Crippen LogP contribution in [0.15, 0.2) is 36.8 Å². The van der Waals surface area contributed by atoms with Gasteiger partial charge in [0.25, 0.3) is 0 Å².